The van der Waals surface area contributed by atoms with Gasteiger partial charge in [-0.3, -0.25) is 0 Å². The first-order chi connectivity index (χ1) is 6.77. The summed E-state index contributed by atoms with van der Waals surface area (Å²) in [5.41, 5.74) is 1.66. The molecule has 2 rings (SSSR count). The third kappa shape index (κ3) is 1.37. The molecule has 0 fully saturated rings. The van der Waals surface area contributed by atoms with Crippen LogP contribution in [0.25, 0.3) is 11.0 Å². The van der Waals surface area contributed by atoms with Gasteiger partial charge in [-0.05, 0) is 6.92 Å². The fraction of sp³-hybridized carbons (Fsp3) is 0.333. The molecule has 0 aliphatic rings. The zero-order valence-electron chi connectivity index (χ0n) is 7.67. The van der Waals surface area contributed by atoms with Crippen LogP contribution in [-0.4, -0.2) is 14.8 Å². The number of aryl methyl sites for hydroxylation is 1. The highest BCUT2D eigenvalue weighted by atomic mass is 35.5. The fourth-order valence-corrected chi connectivity index (χ4v) is 1.88. The molecule has 0 aliphatic carbocycles. The second-order valence-corrected chi connectivity index (χ2v) is 3.57. The molecule has 0 radical (unpaired) electrons. The summed E-state index contributed by atoms with van der Waals surface area (Å²) in [6.45, 7) is 2.80. The number of nitrogens with zero attached hydrogens (tertiary/aromatic N) is 3. The van der Waals surface area contributed by atoms with Gasteiger partial charge in [-0.2, -0.15) is 5.10 Å². The Labute approximate surface area is 91.6 Å². The monoisotopic (exact) mass is 229 g/mol. The van der Waals surface area contributed by atoms with E-state index in [0.29, 0.717) is 10.9 Å². The van der Waals surface area contributed by atoms with Crippen LogP contribution in [0.2, 0.25) is 5.02 Å². The molecule has 0 saturated carbocycles. The lowest BCUT2D eigenvalue weighted by Crippen LogP contribution is -1.97. The van der Waals surface area contributed by atoms with Crippen molar-refractivity contribution in [3.05, 3.63) is 23.0 Å². The number of halogens is 2. The smallest absolute Gasteiger partial charge is 0.159 e. The van der Waals surface area contributed by atoms with E-state index in [-0.39, 0.29) is 0 Å². The van der Waals surface area contributed by atoms with Gasteiger partial charge < -0.3 is 0 Å². The third-order valence-electron chi connectivity index (χ3n) is 2.12. The zero-order valence-corrected chi connectivity index (χ0v) is 9.18. The van der Waals surface area contributed by atoms with E-state index in [4.69, 9.17) is 23.2 Å². The van der Waals surface area contributed by atoms with Crippen molar-refractivity contribution in [2.24, 2.45) is 0 Å². The van der Waals surface area contributed by atoms with Crippen molar-refractivity contribution >= 4 is 34.2 Å². The van der Waals surface area contributed by atoms with Gasteiger partial charge in [0.05, 0.1) is 22.5 Å². The summed E-state index contributed by atoms with van der Waals surface area (Å²) in [6, 6.07) is 0. The molecule has 74 valence electrons. The molecule has 0 aliphatic heterocycles. The highest BCUT2D eigenvalue weighted by molar-refractivity contribution is 6.36. The standard InChI is InChI=1S/C9H9Cl2N3/c1-2-14-9-7(5-13-14)8(11)6(3-10)4-12-9/h4-5H,2-3H2,1H3. The second kappa shape index (κ2) is 3.75. The van der Waals surface area contributed by atoms with Gasteiger partial charge in [-0.15, -0.1) is 11.6 Å². The molecule has 0 aromatic carbocycles. The average molecular weight is 230 g/mol. The minimum absolute atomic E-state index is 0.374. The molecule has 2 aromatic heterocycles. The van der Waals surface area contributed by atoms with Gasteiger partial charge in [0, 0.05) is 18.3 Å². The molecule has 0 unspecified atom stereocenters. The third-order valence-corrected chi connectivity index (χ3v) is 2.85. The largest absolute Gasteiger partial charge is 0.248 e. The van der Waals surface area contributed by atoms with Gasteiger partial charge in [0.15, 0.2) is 5.65 Å². The summed E-state index contributed by atoms with van der Waals surface area (Å²) in [5, 5.41) is 5.70. The number of aromatic nitrogens is 3. The maximum absolute atomic E-state index is 6.13. The van der Waals surface area contributed by atoms with Crippen LogP contribution in [0.5, 0.6) is 0 Å². The van der Waals surface area contributed by atoms with Gasteiger partial charge in [0.25, 0.3) is 0 Å². The molecule has 2 aromatic rings. The summed E-state index contributed by atoms with van der Waals surface area (Å²) in [6.07, 6.45) is 3.43. The SMILES string of the molecule is CCn1ncc2c(Cl)c(CCl)cnc21. The predicted octanol–water partition coefficient (Wildman–Crippen LogP) is 2.84. The van der Waals surface area contributed by atoms with Crippen LogP contribution < -0.4 is 0 Å². The minimum Gasteiger partial charge on any atom is -0.248 e. The first-order valence-electron chi connectivity index (χ1n) is 4.32. The molecule has 5 heteroatoms. The minimum atomic E-state index is 0.374. The predicted molar refractivity (Wildman–Crippen MR) is 57.8 cm³/mol. The van der Waals surface area contributed by atoms with Crippen LogP contribution in [0.1, 0.15) is 12.5 Å². The average Bonchev–Trinajstić information content (AvgIpc) is 2.62. The number of fused-ring (bicyclic) bond motifs is 1. The second-order valence-electron chi connectivity index (χ2n) is 2.93. The quantitative estimate of drug-likeness (QED) is 0.742. The number of hydrogen-bond donors (Lipinski definition) is 0. The van der Waals surface area contributed by atoms with E-state index in [0.717, 1.165) is 23.1 Å². The van der Waals surface area contributed by atoms with E-state index in [9.17, 15) is 0 Å². The Bertz CT molecular complexity index is 464. The Kier molecular flexibility index (Phi) is 2.61. The van der Waals surface area contributed by atoms with Crippen molar-refractivity contribution in [1.29, 1.82) is 0 Å². The van der Waals surface area contributed by atoms with E-state index in [1.54, 1.807) is 17.1 Å². The molecule has 0 spiro atoms. The molecule has 0 amide bonds. The van der Waals surface area contributed by atoms with Crippen molar-refractivity contribution in [1.82, 2.24) is 14.8 Å². The van der Waals surface area contributed by atoms with E-state index in [2.05, 4.69) is 10.1 Å². The van der Waals surface area contributed by atoms with Crippen molar-refractivity contribution in [2.75, 3.05) is 0 Å². The summed E-state index contributed by atoms with van der Waals surface area (Å²) >= 11 is 11.9. The Morgan fingerprint density at radius 2 is 2.21 bits per heavy atom. The highest BCUT2D eigenvalue weighted by Crippen LogP contribution is 2.26. The molecule has 0 N–H and O–H groups in total. The van der Waals surface area contributed by atoms with E-state index in [1.807, 2.05) is 6.92 Å². The molecule has 3 nitrogen and oxygen atoms in total. The lowest BCUT2D eigenvalue weighted by molar-refractivity contribution is 0.676. The lowest BCUT2D eigenvalue weighted by Gasteiger charge is -2.01. The maximum atomic E-state index is 6.13. The van der Waals surface area contributed by atoms with Gasteiger partial charge >= 0.3 is 0 Å². The Balaban J connectivity index is 2.72. The Hall–Kier alpha value is -0.800. The fourth-order valence-electron chi connectivity index (χ4n) is 1.36. The Morgan fingerprint density at radius 1 is 1.43 bits per heavy atom. The lowest BCUT2D eigenvalue weighted by atomic mass is 10.2. The van der Waals surface area contributed by atoms with Crippen LogP contribution in [0.3, 0.4) is 0 Å². The molecule has 14 heavy (non-hydrogen) atoms. The van der Waals surface area contributed by atoms with E-state index >= 15 is 0 Å². The Morgan fingerprint density at radius 3 is 2.86 bits per heavy atom. The summed E-state index contributed by atoms with van der Waals surface area (Å²) in [5.74, 6) is 0.374. The van der Waals surface area contributed by atoms with Crippen LogP contribution in [0, 0.1) is 0 Å². The molecular weight excluding hydrogens is 221 g/mol. The summed E-state index contributed by atoms with van der Waals surface area (Å²) < 4.78 is 1.80. The first-order valence-corrected chi connectivity index (χ1v) is 5.24. The highest BCUT2D eigenvalue weighted by Gasteiger charge is 2.09. The molecule has 0 saturated heterocycles. The normalized spacial score (nSPS) is 11.1. The maximum Gasteiger partial charge on any atom is 0.159 e. The number of hydrogen-bond acceptors (Lipinski definition) is 2. The van der Waals surface area contributed by atoms with Gasteiger partial charge in [-0.25, -0.2) is 9.67 Å². The van der Waals surface area contributed by atoms with Crippen LogP contribution in [-0.2, 0) is 12.4 Å². The topological polar surface area (TPSA) is 30.7 Å². The van der Waals surface area contributed by atoms with Crippen molar-refractivity contribution in [3.63, 3.8) is 0 Å². The van der Waals surface area contributed by atoms with Crippen LogP contribution in [0.4, 0.5) is 0 Å². The van der Waals surface area contributed by atoms with Crippen molar-refractivity contribution < 1.29 is 0 Å². The molecule has 0 atom stereocenters. The molecular formula is C9H9Cl2N3. The molecule has 0 bridgehead atoms. The first kappa shape index (κ1) is 9.74. The van der Waals surface area contributed by atoms with Gasteiger partial charge in [-0.1, -0.05) is 11.6 Å². The van der Waals surface area contributed by atoms with Crippen molar-refractivity contribution in [3.8, 4) is 0 Å². The number of rotatable bonds is 2. The van der Waals surface area contributed by atoms with Crippen LogP contribution in [0.15, 0.2) is 12.4 Å². The van der Waals surface area contributed by atoms with E-state index < -0.39 is 0 Å². The van der Waals surface area contributed by atoms with Crippen molar-refractivity contribution in [2.45, 2.75) is 19.3 Å². The van der Waals surface area contributed by atoms with Gasteiger partial charge in [0.2, 0.25) is 0 Å². The number of pyridine rings is 1. The van der Waals surface area contributed by atoms with Gasteiger partial charge in [0.1, 0.15) is 0 Å². The van der Waals surface area contributed by atoms with Crippen LogP contribution >= 0.6 is 23.2 Å². The number of alkyl halides is 1. The molecule has 2 heterocycles. The summed E-state index contributed by atoms with van der Waals surface area (Å²) in [7, 11) is 0. The van der Waals surface area contributed by atoms with E-state index in [1.165, 1.54) is 0 Å². The summed E-state index contributed by atoms with van der Waals surface area (Å²) in [4.78, 5) is 4.28. The zero-order chi connectivity index (χ0) is 10.1.